The van der Waals surface area contributed by atoms with Crippen molar-refractivity contribution in [2.24, 2.45) is 5.92 Å². The largest absolute Gasteiger partial charge is 0.464 e. The number of rotatable bonds is 8. The number of urea groups is 1. The van der Waals surface area contributed by atoms with Gasteiger partial charge in [0.1, 0.15) is 17.6 Å². The highest BCUT2D eigenvalue weighted by molar-refractivity contribution is 5.95. The van der Waals surface area contributed by atoms with E-state index in [1.165, 1.54) is 25.7 Å². The van der Waals surface area contributed by atoms with E-state index in [1.807, 2.05) is 13.0 Å². The Morgan fingerprint density at radius 1 is 1.32 bits per heavy atom. The van der Waals surface area contributed by atoms with Crippen LogP contribution in [-0.2, 0) is 9.53 Å². The van der Waals surface area contributed by atoms with Gasteiger partial charge in [-0.3, -0.25) is 4.90 Å². The van der Waals surface area contributed by atoms with E-state index >= 15 is 0 Å². The second-order valence-corrected chi connectivity index (χ2v) is 8.07. The maximum Gasteiger partial charge on any atom is 0.338 e. The number of carbonyl (C=O) groups is 2. The molecule has 7 nitrogen and oxygen atoms in total. The molecule has 2 aliphatic carbocycles. The third kappa shape index (κ3) is 3.94. The Hall–Kier alpha value is -2.28. The zero-order valence-electron chi connectivity index (χ0n) is 16.8. The van der Waals surface area contributed by atoms with E-state index in [2.05, 4.69) is 22.5 Å². The summed E-state index contributed by atoms with van der Waals surface area (Å²) in [6.45, 7) is 6.70. The molecule has 2 N–H and O–H groups in total. The Balaban J connectivity index is 1.69. The first kappa shape index (κ1) is 19.1. The normalized spacial score (nSPS) is 23.4. The summed E-state index contributed by atoms with van der Waals surface area (Å²) in [4.78, 5) is 27.7. The lowest BCUT2D eigenvalue weighted by Crippen LogP contribution is -2.50. The minimum Gasteiger partial charge on any atom is -0.464 e. The molecule has 0 spiro atoms. The molecule has 2 atom stereocenters. The zero-order chi connectivity index (χ0) is 19.8. The average Bonchev–Trinajstić information content (AvgIpc) is 3.57. The van der Waals surface area contributed by atoms with Crippen LogP contribution in [0.4, 0.5) is 4.79 Å². The number of amides is 2. The summed E-state index contributed by atoms with van der Waals surface area (Å²) in [5, 5.41) is 5.71. The second-order valence-electron chi connectivity index (χ2n) is 8.07. The van der Waals surface area contributed by atoms with Crippen LogP contribution >= 0.6 is 0 Å². The smallest absolute Gasteiger partial charge is 0.338 e. The number of hydrogen-bond acceptors (Lipinski definition) is 5. The standard InChI is InChI=1S/C21H29N3O4/c1-4-27-20(25)18-16(11-24(15-8-9-15)13(3)14-6-7-14)22-21(26)23-19(18)17-10-5-12(2)28-17/h5,10,13-15,19H,4,6-9,11H2,1-3H3,(H2,22,23,26)/t13-,19+/m0/s1. The Kier molecular flexibility index (Phi) is 5.19. The summed E-state index contributed by atoms with van der Waals surface area (Å²) in [6.07, 6.45) is 4.87. The number of ether oxygens (including phenoxy) is 1. The summed E-state index contributed by atoms with van der Waals surface area (Å²) >= 11 is 0. The van der Waals surface area contributed by atoms with Gasteiger partial charge in [0, 0.05) is 24.3 Å². The van der Waals surface area contributed by atoms with E-state index in [1.54, 1.807) is 13.0 Å². The molecule has 3 aliphatic rings. The highest BCUT2D eigenvalue weighted by Gasteiger charge is 2.42. The molecule has 7 heteroatoms. The quantitative estimate of drug-likeness (QED) is 0.670. The van der Waals surface area contributed by atoms with Gasteiger partial charge in [0.25, 0.3) is 0 Å². The van der Waals surface area contributed by atoms with Crippen molar-refractivity contribution in [1.82, 2.24) is 15.5 Å². The molecular weight excluding hydrogens is 358 g/mol. The van der Waals surface area contributed by atoms with Crippen molar-refractivity contribution in [3.8, 4) is 0 Å². The van der Waals surface area contributed by atoms with Crippen LogP contribution in [0.5, 0.6) is 0 Å². The monoisotopic (exact) mass is 387 g/mol. The molecule has 0 saturated heterocycles. The molecule has 2 saturated carbocycles. The predicted molar refractivity (Wildman–Crippen MR) is 103 cm³/mol. The molecule has 0 unspecified atom stereocenters. The topological polar surface area (TPSA) is 83.8 Å². The fraction of sp³-hybridized carbons (Fsp3) is 0.619. The van der Waals surface area contributed by atoms with Crippen molar-refractivity contribution >= 4 is 12.0 Å². The molecule has 2 heterocycles. The SMILES string of the molecule is CCOC(=O)C1=C(CN(C2CC2)[C@@H](C)C2CC2)NC(=O)N[C@@H]1c1ccc(C)o1. The van der Waals surface area contributed by atoms with Crippen LogP contribution in [0.1, 0.15) is 57.1 Å². The molecule has 1 aromatic heterocycles. The highest BCUT2D eigenvalue weighted by Crippen LogP contribution is 2.40. The zero-order valence-corrected chi connectivity index (χ0v) is 16.8. The summed E-state index contributed by atoms with van der Waals surface area (Å²) in [5.41, 5.74) is 1.06. The fourth-order valence-electron chi connectivity index (χ4n) is 4.06. The molecule has 1 aliphatic heterocycles. The van der Waals surface area contributed by atoms with Gasteiger partial charge in [0.15, 0.2) is 0 Å². The van der Waals surface area contributed by atoms with Crippen LogP contribution < -0.4 is 10.6 Å². The van der Waals surface area contributed by atoms with Gasteiger partial charge in [-0.1, -0.05) is 0 Å². The number of carbonyl (C=O) groups excluding carboxylic acids is 2. The summed E-state index contributed by atoms with van der Waals surface area (Å²) < 4.78 is 11.1. The summed E-state index contributed by atoms with van der Waals surface area (Å²) in [6, 6.07) is 3.64. The van der Waals surface area contributed by atoms with Gasteiger partial charge >= 0.3 is 12.0 Å². The van der Waals surface area contributed by atoms with Crippen LogP contribution in [0.2, 0.25) is 0 Å². The number of hydrogen-bond donors (Lipinski definition) is 2. The molecule has 2 amide bonds. The molecule has 152 valence electrons. The van der Waals surface area contributed by atoms with Crippen LogP contribution in [0.3, 0.4) is 0 Å². The van der Waals surface area contributed by atoms with Gasteiger partial charge < -0.3 is 19.8 Å². The molecule has 0 radical (unpaired) electrons. The van der Waals surface area contributed by atoms with Crippen LogP contribution in [0, 0.1) is 12.8 Å². The van der Waals surface area contributed by atoms with Gasteiger partial charge in [-0.25, -0.2) is 9.59 Å². The number of aryl methyl sites for hydroxylation is 1. The van der Waals surface area contributed by atoms with Crippen molar-refractivity contribution in [2.45, 2.75) is 64.6 Å². The molecule has 28 heavy (non-hydrogen) atoms. The van der Waals surface area contributed by atoms with E-state index in [-0.39, 0.29) is 12.6 Å². The van der Waals surface area contributed by atoms with Crippen molar-refractivity contribution in [1.29, 1.82) is 0 Å². The van der Waals surface area contributed by atoms with Crippen LogP contribution in [-0.4, -0.2) is 42.1 Å². The van der Waals surface area contributed by atoms with Crippen molar-refractivity contribution in [2.75, 3.05) is 13.2 Å². The van der Waals surface area contributed by atoms with E-state index in [0.717, 1.165) is 5.76 Å². The molecule has 0 aromatic carbocycles. The number of esters is 1. The first-order chi connectivity index (χ1) is 13.5. The van der Waals surface area contributed by atoms with Gasteiger partial charge in [-0.15, -0.1) is 0 Å². The Labute approximate surface area is 165 Å². The van der Waals surface area contributed by atoms with Crippen molar-refractivity contribution in [3.05, 3.63) is 34.9 Å². The first-order valence-corrected chi connectivity index (χ1v) is 10.3. The van der Waals surface area contributed by atoms with Crippen molar-refractivity contribution < 1.29 is 18.7 Å². The Bertz CT molecular complexity index is 791. The van der Waals surface area contributed by atoms with Crippen LogP contribution in [0.15, 0.2) is 27.8 Å². The minimum atomic E-state index is -0.645. The third-order valence-electron chi connectivity index (χ3n) is 5.88. The summed E-state index contributed by atoms with van der Waals surface area (Å²) in [5.74, 6) is 1.57. The van der Waals surface area contributed by atoms with E-state index in [0.29, 0.717) is 41.6 Å². The average molecular weight is 387 g/mol. The second kappa shape index (κ2) is 7.62. The first-order valence-electron chi connectivity index (χ1n) is 10.3. The number of furan rings is 1. The number of nitrogens with one attached hydrogen (secondary N) is 2. The molecule has 4 rings (SSSR count). The van der Waals surface area contributed by atoms with Crippen molar-refractivity contribution in [3.63, 3.8) is 0 Å². The molecule has 2 fully saturated rings. The van der Waals surface area contributed by atoms with E-state index in [9.17, 15) is 9.59 Å². The van der Waals surface area contributed by atoms with E-state index < -0.39 is 12.0 Å². The predicted octanol–water partition coefficient (Wildman–Crippen LogP) is 3.02. The third-order valence-corrected chi connectivity index (χ3v) is 5.88. The lowest BCUT2D eigenvalue weighted by molar-refractivity contribution is -0.139. The molecule has 1 aromatic rings. The lowest BCUT2D eigenvalue weighted by atomic mass is 9.99. The highest BCUT2D eigenvalue weighted by atomic mass is 16.5. The lowest BCUT2D eigenvalue weighted by Gasteiger charge is -2.34. The maximum atomic E-state index is 12.9. The molecule has 0 bridgehead atoms. The van der Waals surface area contributed by atoms with Gasteiger partial charge in [0.05, 0.1) is 12.2 Å². The van der Waals surface area contributed by atoms with E-state index in [4.69, 9.17) is 9.15 Å². The molecular formula is C21H29N3O4. The Morgan fingerprint density at radius 3 is 2.64 bits per heavy atom. The number of nitrogens with zero attached hydrogens (tertiary/aromatic N) is 1. The Morgan fingerprint density at radius 2 is 2.07 bits per heavy atom. The van der Waals surface area contributed by atoms with Gasteiger partial charge in [0.2, 0.25) is 0 Å². The summed E-state index contributed by atoms with van der Waals surface area (Å²) in [7, 11) is 0. The van der Waals surface area contributed by atoms with Gasteiger partial charge in [-0.05, 0) is 64.5 Å². The van der Waals surface area contributed by atoms with Crippen LogP contribution in [0.25, 0.3) is 0 Å². The minimum absolute atomic E-state index is 0.276. The van der Waals surface area contributed by atoms with Gasteiger partial charge in [-0.2, -0.15) is 0 Å². The maximum absolute atomic E-state index is 12.9. The fourth-order valence-corrected chi connectivity index (χ4v) is 4.06.